The molecule has 14 aromatic carbocycles. The van der Waals surface area contributed by atoms with Crippen molar-refractivity contribution in [3.05, 3.63) is 315 Å². The van der Waals surface area contributed by atoms with E-state index in [-0.39, 0.29) is 0 Å². The Morgan fingerprint density at radius 1 is 0.193 bits per heavy atom. The number of nitrogens with zero attached hydrogens (tertiary/aromatic N) is 2. The van der Waals surface area contributed by atoms with Crippen molar-refractivity contribution in [2.45, 2.75) is 0 Å². The first kappa shape index (κ1) is 49.7. The molecule has 0 aliphatic heterocycles. The molecule has 0 amide bonds. The topological polar surface area (TPSA) is 36.1 Å². The summed E-state index contributed by atoms with van der Waals surface area (Å²) in [6.07, 6.45) is 0. The zero-order valence-corrected chi connectivity index (χ0v) is 47.7. The third kappa shape index (κ3) is 7.93. The molecule has 0 aliphatic rings. The number of rotatable bonds is 9. The van der Waals surface area contributed by atoms with Crippen molar-refractivity contribution >= 4 is 87.5 Å². The second-order valence-electron chi connectivity index (χ2n) is 23.1. The Bertz CT molecular complexity index is 5690. The van der Waals surface area contributed by atoms with Gasteiger partial charge in [0.05, 0.1) is 22.1 Å². The summed E-state index contributed by atoms with van der Waals surface area (Å²) < 4.78 is 18.3. The minimum atomic E-state index is 0.854. The fourth-order valence-electron chi connectivity index (χ4n) is 14.0. The van der Waals surface area contributed by atoms with Crippen molar-refractivity contribution in [2.75, 3.05) is 0 Å². The molecule has 4 nitrogen and oxygen atoms in total. The minimum absolute atomic E-state index is 0.854. The van der Waals surface area contributed by atoms with E-state index in [9.17, 15) is 0 Å². The Morgan fingerprint density at radius 2 is 0.591 bits per heavy atom. The molecule has 18 aromatic rings. The fourth-order valence-corrected chi connectivity index (χ4v) is 14.0. The lowest BCUT2D eigenvalue weighted by Gasteiger charge is -2.15. The first-order valence-corrected chi connectivity index (χ1v) is 30.1. The van der Waals surface area contributed by atoms with Gasteiger partial charge in [0.25, 0.3) is 0 Å². The lowest BCUT2D eigenvalue weighted by Crippen LogP contribution is -1.95. The highest BCUT2D eigenvalue weighted by atomic mass is 16.3. The predicted molar refractivity (Wildman–Crippen MR) is 368 cm³/mol. The molecule has 0 spiro atoms. The first-order valence-electron chi connectivity index (χ1n) is 30.1. The van der Waals surface area contributed by atoms with Crippen molar-refractivity contribution < 1.29 is 8.83 Å². The zero-order chi connectivity index (χ0) is 57.8. The number of hydrogen-bond acceptors (Lipinski definition) is 2. The average Bonchev–Trinajstić information content (AvgIpc) is 1.91. The largest absolute Gasteiger partial charge is 0.455 e. The maximum Gasteiger partial charge on any atom is 0.143 e. The summed E-state index contributed by atoms with van der Waals surface area (Å²) in [5, 5.41) is 9.33. The van der Waals surface area contributed by atoms with E-state index in [0.29, 0.717) is 0 Å². The van der Waals surface area contributed by atoms with Gasteiger partial charge in [0.2, 0.25) is 0 Å². The highest BCUT2D eigenvalue weighted by Crippen LogP contribution is 2.47. The Balaban J connectivity index is 0.733. The van der Waals surface area contributed by atoms with Crippen LogP contribution in [0.15, 0.2) is 324 Å². The fraction of sp³-hybridized carbons (Fsp3) is 0. The molecule has 4 heteroatoms. The van der Waals surface area contributed by atoms with Crippen molar-refractivity contribution in [3.8, 4) is 89.3 Å². The number of furan rings is 2. The normalized spacial score (nSPS) is 11.9. The minimum Gasteiger partial charge on any atom is -0.455 e. The number of benzene rings is 14. The quantitative estimate of drug-likeness (QED) is 0.144. The summed E-state index contributed by atoms with van der Waals surface area (Å²) in [6, 6.07) is 114. The van der Waals surface area contributed by atoms with E-state index in [4.69, 9.17) is 8.83 Å². The maximum atomic E-state index is 7.03. The summed E-state index contributed by atoms with van der Waals surface area (Å²) in [4.78, 5) is 0. The standard InChI is InChI=1S/C84H52N2O2/c1-3-16-53(17-4-1)61-44-49-68-75-51-74(70-25-15-31-81-82(70)72-27-14-24-65(84(72)88-81)60-38-34-55(35-39-60)56-40-45-62(46-41-56)85-76-28-10-7-20-66(76)67-21-8-11-29-77(67)85)73(58-18-5-2-6-19-58)52-79(75)86(78(68)50-61)63-47-42-57(43-48-63)54-32-36-59(37-33-54)64-23-13-26-71-69-22-9-12-30-80(69)87-83(64)71/h1-52H. The van der Waals surface area contributed by atoms with Crippen molar-refractivity contribution in [1.29, 1.82) is 0 Å². The van der Waals surface area contributed by atoms with Gasteiger partial charge in [-0.1, -0.05) is 249 Å². The van der Waals surface area contributed by atoms with E-state index < -0.39 is 0 Å². The third-order valence-corrected chi connectivity index (χ3v) is 18.2. The van der Waals surface area contributed by atoms with Gasteiger partial charge in [-0.05, 0) is 133 Å². The molecule has 0 fully saturated rings. The molecule has 18 rings (SSSR count). The predicted octanol–water partition coefficient (Wildman–Crippen LogP) is 23.3. The van der Waals surface area contributed by atoms with Crippen LogP contribution in [0.3, 0.4) is 0 Å². The van der Waals surface area contributed by atoms with E-state index >= 15 is 0 Å². The number of fused-ring (bicyclic) bond motifs is 12. The Labute approximate surface area is 507 Å². The molecule has 0 radical (unpaired) electrons. The Hall–Kier alpha value is -11.7. The highest BCUT2D eigenvalue weighted by Gasteiger charge is 2.23. The van der Waals surface area contributed by atoms with Crippen LogP contribution in [-0.4, -0.2) is 9.13 Å². The molecule has 0 saturated carbocycles. The van der Waals surface area contributed by atoms with Gasteiger partial charge < -0.3 is 18.0 Å². The van der Waals surface area contributed by atoms with Crippen molar-refractivity contribution in [1.82, 2.24) is 9.13 Å². The van der Waals surface area contributed by atoms with Crippen LogP contribution in [-0.2, 0) is 0 Å². The van der Waals surface area contributed by atoms with Crippen LogP contribution in [0.25, 0.3) is 177 Å². The van der Waals surface area contributed by atoms with E-state index in [2.05, 4.69) is 312 Å². The number of para-hydroxylation sites is 5. The summed E-state index contributed by atoms with van der Waals surface area (Å²) in [5.41, 5.74) is 26.4. The lowest BCUT2D eigenvalue weighted by atomic mass is 9.90. The molecule has 0 atom stereocenters. The van der Waals surface area contributed by atoms with Gasteiger partial charge in [-0.2, -0.15) is 0 Å². The van der Waals surface area contributed by atoms with Gasteiger partial charge in [0, 0.05) is 65.6 Å². The number of aromatic nitrogens is 2. The molecule has 4 aromatic heterocycles. The highest BCUT2D eigenvalue weighted by molar-refractivity contribution is 6.19. The summed E-state index contributed by atoms with van der Waals surface area (Å²) in [7, 11) is 0. The lowest BCUT2D eigenvalue weighted by molar-refractivity contribution is 0.669. The van der Waals surface area contributed by atoms with E-state index in [1.54, 1.807) is 0 Å². The molecule has 410 valence electrons. The van der Waals surface area contributed by atoms with Crippen LogP contribution in [0.5, 0.6) is 0 Å². The monoisotopic (exact) mass is 1120 g/mol. The molecule has 0 unspecified atom stereocenters. The Kier molecular flexibility index (Phi) is 11.3. The molecule has 4 heterocycles. The smallest absolute Gasteiger partial charge is 0.143 e. The third-order valence-electron chi connectivity index (χ3n) is 18.2. The second kappa shape index (κ2) is 20.0. The van der Waals surface area contributed by atoms with Gasteiger partial charge in [-0.15, -0.1) is 0 Å². The van der Waals surface area contributed by atoms with Gasteiger partial charge >= 0.3 is 0 Å². The molecule has 0 saturated heterocycles. The van der Waals surface area contributed by atoms with E-state index in [1.807, 2.05) is 12.1 Å². The van der Waals surface area contributed by atoms with Crippen molar-refractivity contribution in [2.24, 2.45) is 0 Å². The van der Waals surface area contributed by atoms with Crippen LogP contribution in [0.2, 0.25) is 0 Å². The molecular formula is C84H52N2O2. The maximum absolute atomic E-state index is 7.03. The Morgan fingerprint density at radius 3 is 1.22 bits per heavy atom. The number of hydrogen-bond donors (Lipinski definition) is 0. The summed E-state index contributed by atoms with van der Waals surface area (Å²) >= 11 is 0. The molecular weight excluding hydrogens is 1070 g/mol. The summed E-state index contributed by atoms with van der Waals surface area (Å²) in [5.74, 6) is 0. The summed E-state index contributed by atoms with van der Waals surface area (Å²) in [6.45, 7) is 0. The molecule has 0 bridgehead atoms. The van der Waals surface area contributed by atoms with Crippen molar-refractivity contribution in [3.63, 3.8) is 0 Å². The van der Waals surface area contributed by atoms with Gasteiger partial charge in [0.15, 0.2) is 0 Å². The van der Waals surface area contributed by atoms with Gasteiger partial charge in [-0.3, -0.25) is 0 Å². The molecule has 0 aliphatic carbocycles. The zero-order valence-electron chi connectivity index (χ0n) is 47.7. The van der Waals surface area contributed by atoms with Crippen LogP contribution in [0, 0.1) is 0 Å². The van der Waals surface area contributed by atoms with E-state index in [0.717, 1.165) is 127 Å². The van der Waals surface area contributed by atoms with Gasteiger partial charge in [-0.25, -0.2) is 0 Å². The SMILES string of the molecule is c1ccc(-c2ccc3c4cc(-c5cccc6oc7c(-c8ccc(-c9ccc(-n%10c%11ccccc%11c%11ccccc%11%10)cc9)cc8)cccc7c56)c(-c5ccccc5)cc4n(-c4ccc(-c5ccc(-c6cccc7c6oc6ccccc67)cc5)cc4)c3c2)cc1. The van der Waals surface area contributed by atoms with Crippen LogP contribution < -0.4 is 0 Å². The molecule has 88 heavy (non-hydrogen) atoms. The average molecular weight is 1120 g/mol. The second-order valence-corrected chi connectivity index (χ2v) is 23.1. The van der Waals surface area contributed by atoms with Crippen LogP contribution in [0.1, 0.15) is 0 Å². The van der Waals surface area contributed by atoms with Crippen LogP contribution in [0.4, 0.5) is 0 Å². The molecule has 0 N–H and O–H groups in total. The van der Waals surface area contributed by atoms with Gasteiger partial charge in [0.1, 0.15) is 22.3 Å². The first-order chi connectivity index (χ1) is 43.6. The van der Waals surface area contributed by atoms with Crippen LogP contribution >= 0.6 is 0 Å². The van der Waals surface area contributed by atoms with E-state index in [1.165, 1.54) is 49.3 Å².